The van der Waals surface area contributed by atoms with Crippen molar-refractivity contribution >= 4 is 12.2 Å². The van der Waals surface area contributed by atoms with Gasteiger partial charge in [-0.1, -0.05) is 59.3 Å². The minimum atomic E-state index is -0.969. The third-order valence-corrected chi connectivity index (χ3v) is 5.56. The summed E-state index contributed by atoms with van der Waals surface area (Å²) in [5, 5.41) is 13.1. The van der Waals surface area contributed by atoms with E-state index >= 15 is 0 Å². The predicted octanol–water partition coefficient (Wildman–Crippen LogP) is 5.14. The molecule has 1 aromatic heterocycles. The van der Waals surface area contributed by atoms with Crippen LogP contribution in [0.3, 0.4) is 0 Å². The molecule has 0 fully saturated rings. The monoisotopic (exact) mass is 442 g/mol. The van der Waals surface area contributed by atoms with Gasteiger partial charge in [-0.05, 0) is 54.2 Å². The molecule has 2 aromatic carbocycles. The van der Waals surface area contributed by atoms with Gasteiger partial charge in [-0.15, -0.1) is 0 Å². The van der Waals surface area contributed by atoms with Gasteiger partial charge in [-0.3, -0.25) is 4.98 Å². The quantitative estimate of drug-likeness (QED) is 0.282. The lowest BCUT2D eigenvalue weighted by molar-refractivity contribution is -0.139. The molecule has 0 aliphatic heterocycles. The molecule has 0 spiro atoms. The van der Waals surface area contributed by atoms with Gasteiger partial charge >= 0.3 is 5.97 Å². The smallest absolute Gasteiger partial charge is 0.341 e. The Labute approximate surface area is 193 Å². The number of rotatable bonds is 9. The van der Waals surface area contributed by atoms with Crippen molar-refractivity contribution < 1.29 is 19.5 Å². The predicted molar refractivity (Wildman–Crippen MR) is 126 cm³/mol. The highest BCUT2D eigenvalue weighted by Gasteiger charge is 2.17. The summed E-state index contributed by atoms with van der Waals surface area (Å²) in [6.45, 7) is -0.320. The van der Waals surface area contributed by atoms with Crippen LogP contribution in [0.15, 0.2) is 89.9 Å². The second-order valence-electron chi connectivity index (χ2n) is 7.82. The average molecular weight is 443 g/mol. The molecule has 33 heavy (non-hydrogen) atoms. The van der Waals surface area contributed by atoms with Gasteiger partial charge in [0.05, 0.1) is 0 Å². The largest absolute Gasteiger partial charge is 0.482 e. The summed E-state index contributed by atoms with van der Waals surface area (Å²) < 4.78 is 5.45. The first-order chi connectivity index (χ1) is 16.2. The highest BCUT2D eigenvalue weighted by atomic mass is 16.6. The molecule has 0 saturated heterocycles. The molecule has 0 saturated carbocycles. The van der Waals surface area contributed by atoms with E-state index in [1.54, 1.807) is 18.6 Å². The van der Waals surface area contributed by atoms with Gasteiger partial charge in [-0.2, -0.15) is 0 Å². The van der Waals surface area contributed by atoms with E-state index in [1.165, 1.54) is 11.1 Å². The van der Waals surface area contributed by atoms with Crippen LogP contribution in [-0.4, -0.2) is 28.9 Å². The van der Waals surface area contributed by atoms with Crippen LogP contribution in [-0.2, 0) is 22.5 Å². The van der Waals surface area contributed by atoms with E-state index < -0.39 is 5.97 Å². The zero-order valence-corrected chi connectivity index (χ0v) is 18.3. The molecule has 168 valence electrons. The Kier molecular flexibility index (Phi) is 7.48. The first-order valence-corrected chi connectivity index (χ1v) is 11.0. The van der Waals surface area contributed by atoms with Crippen LogP contribution >= 0.6 is 0 Å². The van der Waals surface area contributed by atoms with Crippen LogP contribution in [0.4, 0.5) is 0 Å². The van der Waals surface area contributed by atoms with Gasteiger partial charge in [0.2, 0.25) is 0 Å². The number of hydrogen-bond donors (Lipinski definition) is 1. The fourth-order valence-corrected chi connectivity index (χ4v) is 3.97. The lowest BCUT2D eigenvalue weighted by Gasteiger charge is -2.21. The van der Waals surface area contributed by atoms with Gasteiger partial charge in [0.25, 0.3) is 0 Å². The summed E-state index contributed by atoms with van der Waals surface area (Å²) >= 11 is 0. The summed E-state index contributed by atoms with van der Waals surface area (Å²) in [6.07, 6.45) is 10.4. The molecule has 0 amide bonds. The third-order valence-electron chi connectivity index (χ3n) is 5.56. The van der Waals surface area contributed by atoms with Crippen LogP contribution < -0.4 is 4.74 Å². The first kappa shape index (κ1) is 22.3. The van der Waals surface area contributed by atoms with Crippen molar-refractivity contribution in [3.63, 3.8) is 0 Å². The number of carboxylic acids is 1. The fourth-order valence-electron chi connectivity index (χ4n) is 3.97. The standard InChI is InChI=1S/C27H26N2O4/c30-26(31)19-32-25-10-4-9-23-18-20(11-12-24(23)25)6-5-15-29-33-27(21-7-2-1-3-8-21)22-13-16-28-17-14-22/h1-4,6-10,13-17,27H,5,11-12,18-19H2,(H,30,31). The molecule has 1 heterocycles. The van der Waals surface area contributed by atoms with E-state index in [2.05, 4.69) is 22.3 Å². The number of oxime groups is 1. The lowest BCUT2D eigenvalue weighted by Crippen LogP contribution is -2.13. The molecule has 1 aliphatic rings. The maximum Gasteiger partial charge on any atom is 0.341 e. The van der Waals surface area contributed by atoms with E-state index in [-0.39, 0.29) is 12.7 Å². The van der Waals surface area contributed by atoms with Gasteiger partial charge in [-0.25, -0.2) is 4.79 Å². The minimum Gasteiger partial charge on any atom is -0.482 e. The van der Waals surface area contributed by atoms with E-state index in [4.69, 9.17) is 14.7 Å². The number of carboxylic acid groups (broad SMARTS) is 1. The van der Waals surface area contributed by atoms with E-state index in [0.29, 0.717) is 12.2 Å². The van der Waals surface area contributed by atoms with Crippen LogP contribution in [0, 0.1) is 0 Å². The number of nitrogens with zero attached hydrogens (tertiary/aromatic N) is 2. The van der Waals surface area contributed by atoms with Crippen molar-refractivity contribution in [2.24, 2.45) is 5.16 Å². The number of benzene rings is 2. The highest BCUT2D eigenvalue weighted by Crippen LogP contribution is 2.32. The van der Waals surface area contributed by atoms with Crippen LogP contribution in [0.1, 0.15) is 41.2 Å². The Hall–Kier alpha value is -3.93. The fraction of sp³-hybridized carbons (Fsp3) is 0.222. The molecular formula is C27H26N2O4. The summed E-state index contributed by atoms with van der Waals surface area (Å²) in [6, 6.07) is 19.7. The molecule has 0 bridgehead atoms. The maximum absolute atomic E-state index is 10.8. The second kappa shape index (κ2) is 11.1. The van der Waals surface area contributed by atoms with Gasteiger partial charge in [0.1, 0.15) is 5.75 Å². The first-order valence-electron chi connectivity index (χ1n) is 11.0. The van der Waals surface area contributed by atoms with Gasteiger partial charge in [0, 0.05) is 30.6 Å². The Morgan fingerprint density at radius 3 is 2.61 bits per heavy atom. The maximum atomic E-state index is 10.8. The second-order valence-corrected chi connectivity index (χ2v) is 7.82. The average Bonchev–Trinajstić information content (AvgIpc) is 2.85. The molecule has 1 atom stereocenters. The Balaban J connectivity index is 1.37. The van der Waals surface area contributed by atoms with E-state index in [0.717, 1.165) is 36.0 Å². The number of fused-ring (bicyclic) bond motifs is 1. The van der Waals surface area contributed by atoms with Crippen LogP contribution in [0.2, 0.25) is 0 Å². The van der Waals surface area contributed by atoms with Gasteiger partial charge in [0.15, 0.2) is 12.7 Å². The summed E-state index contributed by atoms with van der Waals surface area (Å²) in [4.78, 5) is 20.8. The van der Waals surface area contributed by atoms with Crippen molar-refractivity contribution in [2.75, 3.05) is 6.61 Å². The molecule has 6 heteroatoms. The lowest BCUT2D eigenvalue weighted by atomic mass is 9.87. The molecule has 4 rings (SSSR count). The molecule has 1 aliphatic carbocycles. The zero-order valence-electron chi connectivity index (χ0n) is 18.3. The van der Waals surface area contributed by atoms with Crippen LogP contribution in [0.5, 0.6) is 5.75 Å². The Morgan fingerprint density at radius 1 is 1.03 bits per heavy atom. The van der Waals surface area contributed by atoms with Crippen molar-refractivity contribution in [3.8, 4) is 5.75 Å². The third kappa shape index (κ3) is 6.07. The number of aliphatic carboxylic acids is 1. The summed E-state index contributed by atoms with van der Waals surface area (Å²) in [5.41, 5.74) is 5.65. The van der Waals surface area contributed by atoms with E-state index in [1.807, 2.05) is 54.6 Å². The highest BCUT2D eigenvalue weighted by molar-refractivity contribution is 5.68. The molecular weight excluding hydrogens is 416 g/mol. The molecule has 1 unspecified atom stereocenters. The SMILES string of the molecule is O=C(O)COc1cccc2c1CCC(=CCC=NOC(c1ccccc1)c1ccncc1)C2. The number of pyridine rings is 1. The Bertz CT molecular complexity index is 1090. The van der Waals surface area contributed by atoms with Gasteiger partial charge < -0.3 is 14.7 Å². The topological polar surface area (TPSA) is 81.0 Å². The summed E-state index contributed by atoms with van der Waals surface area (Å²) in [7, 11) is 0. The molecule has 1 N–H and O–H groups in total. The van der Waals surface area contributed by atoms with Crippen LogP contribution in [0.25, 0.3) is 0 Å². The number of allylic oxidation sites excluding steroid dienone is 2. The molecule has 3 aromatic rings. The van der Waals surface area contributed by atoms with Crippen molar-refractivity contribution in [3.05, 3.63) is 107 Å². The molecule has 0 radical (unpaired) electrons. The minimum absolute atomic E-state index is 0.288. The van der Waals surface area contributed by atoms with Crippen molar-refractivity contribution in [1.29, 1.82) is 0 Å². The molecule has 6 nitrogen and oxygen atoms in total. The summed E-state index contributed by atoms with van der Waals surface area (Å²) in [5.74, 6) is -0.295. The van der Waals surface area contributed by atoms with Crippen molar-refractivity contribution in [1.82, 2.24) is 4.98 Å². The number of hydrogen-bond acceptors (Lipinski definition) is 5. The van der Waals surface area contributed by atoms with E-state index in [9.17, 15) is 4.79 Å². The zero-order chi connectivity index (χ0) is 22.9. The normalized spacial score (nSPS) is 15.2. The number of carbonyl (C=O) groups is 1. The van der Waals surface area contributed by atoms with Crippen molar-refractivity contribution in [2.45, 2.75) is 31.8 Å². The Morgan fingerprint density at radius 2 is 1.82 bits per heavy atom. The number of aromatic nitrogens is 1. The number of ether oxygens (including phenoxy) is 1.